The van der Waals surface area contributed by atoms with Crippen LogP contribution in [0, 0.1) is 22.7 Å². The van der Waals surface area contributed by atoms with E-state index in [4.69, 9.17) is 4.74 Å². The van der Waals surface area contributed by atoms with Gasteiger partial charge in [-0.3, -0.25) is 4.79 Å². The van der Waals surface area contributed by atoms with Gasteiger partial charge in [0, 0.05) is 16.7 Å². The van der Waals surface area contributed by atoms with E-state index in [-0.39, 0.29) is 36.9 Å². The third-order valence-electron chi connectivity index (χ3n) is 6.83. The molecule has 1 saturated heterocycles. The van der Waals surface area contributed by atoms with Crippen molar-refractivity contribution in [3.8, 4) is 0 Å². The predicted octanol–water partition coefficient (Wildman–Crippen LogP) is 0.458. The van der Waals surface area contributed by atoms with E-state index in [2.05, 4.69) is 0 Å². The molecule has 3 rings (SSSR count). The summed E-state index contributed by atoms with van der Waals surface area (Å²) in [5.74, 6) is -0.474. The smallest absolute Gasteiger partial charge is 0.306 e. The molecule has 20 heavy (non-hydrogen) atoms. The van der Waals surface area contributed by atoms with Crippen LogP contribution in [-0.2, 0) is 9.53 Å². The molecule has 2 bridgehead atoms. The molecule has 2 unspecified atom stereocenters. The van der Waals surface area contributed by atoms with Gasteiger partial charge >= 0.3 is 5.97 Å². The van der Waals surface area contributed by atoms with Gasteiger partial charge in [0.2, 0.25) is 0 Å². The minimum atomic E-state index is -1.44. The second kappa shape index (κ2) is 3.96. The summed E-state index contributed by atoms with van der Waals surface area (Å²) >= 11 is 0. The number of fused-ring (bicyclic) bond motifs is 1. The summed E-state index contributed by atoms with van der Waals surface area (Å²) in [5, 5.41) is 31.9. The van der Waals surface area contributed by atoms with E-state index in [0.717, 1.165) is 0 Å². The lowest BCUT2D eigenvalue weighted by Crippen LogP contribution is -2.73. The summed E-state index contributed by atoms with van der Waals surface area (Å²) in [7, 11) is 0. The average Bonchev–Trinajstić information content (AvgIpc) is 2.58. The molecule has 0 aromatic heterocycles. The summed E-state index contributed by atoms with van der Waals surface area (Å²) in [6, 6.07) is 0. The molecule has 5 nitrogen and oxygen atoms in total. The quantitative estimate of drug-likeness (QED) is 0.609. The summed E-state index contributed by atoms with van der Waals surface area (Å²) in [6.45, 7) is 5.44. The minimum Gasteiger partial charge on any atom is -0.462 e. The van der Waals surface area contributed by atoms with Gasteiger partial charge in [-0.25, -0.2) is 0 Å². The number of carbonyl (C=O) groups excluding carboxylic acids is 1. The molecule has 1 spiro atoms. The highest BCUT2D eigenvalue weighted by molar-refractivity contribution is 5.72. The van der Waals surface area contributed by atoms with Gasteiger partial charge in [0.1, 0.15) is 11.7 Å². The van der Waals surface area contributed by atoms with Crippen LogP contribution >= 0.6 is 0 Å². The third kappa shape index (κ3) is 1.27. The highest BCUT2D eigenvalue weighted by Crippen LogP contribution is 2.68. The van der Waals surface area contributed by atoms with Crippen molar-refractivity contribution < 1.29 is 24.9 Å². The van der Waals surface area contributed by atoms with Crippen LogP contribution in [0.15, 0.2) is 0 Å². The van der Waals surface area contributed by atoms with E-state index in [0.29, 0.717) is 12.8 Å². The van der Waals surface area contributed by atoms with Crippen LogP contribution in [0.5, 0.6) is 0 Å². The first kappa shape index (κ1) is 14.3. The Balaban J connectivity index is 2.22. The lowest BCUT2D eigenvalue weighted by atomic mass is 9.46. The fourth-order valence-corrected chi connectivity index (χ4v) is 5.30. The van der Waals surface area contributed by atoms with Crippen molar-refractivity contribution in [1.82, 2.24) is 0 Å². The molecular formula is C15H24O5. The first-order chi connectivity index (χ1) is 9.23. The van der Waals surface area contributed by atoms with Gasteiger partial charge in [-0.15, -0.1) is 0 Å². The Labute approximate surface area is 118 Å². The maximum absolute atomic E-state index is 12.0. The molecule has 0 aromatic carbocycles. The molecule has 0 radical (unpaired) electrons. The topological polar surface area (TPSA) is 87.0 Å². The van der Waals surface area contributed by atoms with Gasteiger partial charge in [0.15, 0.2) is 0 Å². The van der Waals surface area contributed by atoms with Crippen LogP contribution in [0.4, 0.5) is 0 Å². The third-order valence-corrected chi connectivity index (χ3v) is 6.83. The maximum atomic E-state index is 12.0. The van der Waals surface area contributed by atoms with Gasteiger partial charge in [-0.05, 0) is 18.8 Å². The van der Waals surface area contributed by atoms with E-state index in [1.807, 2.05) is 13.8 Å². The average molecular weight is 284 g/mol. The van der Waals surface area contributed by atoms with Crippen molar-refractivity contribution in [1.29, 1.82) is 0 Å². The van der Waals surface area contributed by atoms with Crippen molar-refractivity contribution in [2.75, 3.05) is 6.61 Å². The van der Waals surface area contributed by atoms with E-state index in [9.17, 15) is 20.1 Å². The van der Waals surface area contributed by atoms with Gasteiger partial charge in [0.05, 0.1) is 19.1 Å². The van der Waals surface area contributed by atoms with Gasteiger partial charge in [0.25, 0.3) is 0 Å². The molecular weight excluding hydrogens is 260 g/mol. The second-order valence-corrected chi connectivity index (χ2v) is 7.35. The first-order valence-corrected chi connectivity index (χ1v) is 7.44. The number of esters is 1. The Morgan fingerprint density at radius 3 is 2.65 bits per heavy atom. The molecule has 3 N–H and O–H groups in total. The monoisotopic (exact) mass is 284 g/mol. The predicted molar refractivity (Wildman–Crippen MR) is 70.6 cm³/mol. The number of aliphatic hydroxyl groups is 3. The maximum Gasteiger partial charge on any atom is 0.306 e. The van der Waals surface area contributed by atoms with E-state index >= 15 is 0 Å². The van der Waals surface area contributed by atoms with Crippen LogP contribution < -0.4 is 0 Å². The molecule has 0 amide bonds. The van der Waals surface area contributed by atoms with Crippen molar-refractivity contribution in [2.24, 2.45) is 22.7 Å². The fourth-order valence-electron chi connectivity index (χ4n) is 5.30. The Morgan fingerprint density at radius 2 is 2.05 bits per heavy atom. The zero-order valence-corrected chi connectivity index (χ0v) is 12.3. The molecule has 2 saturated carbocycles. The number of hydrogen-bond acceptors (Lipinski definition) is 5. The summed E-state index contributed by atoms with van der Waals surface area (Å²) in [5.41, 5.74) is -3.00. The van der Waals surface area contributed by atoms with Crippen molar-refractivity contribution in [2.45, 2.75) is 57.8 Å². The van der Waals surface area contributed by atoms with Gasteiger partial charge in [-0.1, -0.05) is 20.8 Å². The summed E-state index contributed by atoms with van der Waals surface area (Å²) < 4.78 is 5.46. The van der Waals surface area contributed by atoms with E-state index in [1.165, 1.54) is 0 Å². The van der Waals surface area contributed by atoms with E-state index < -0.39 is 22.5 Å². The number of carbonyl (C=O) groups is 1. The Hall–Kier alpha value is -0.650. The Bertz CT molecular complexity index is 452. The molecule has 5 heteroatoms. The second-order valence-electron chi connectivity index (χ2n) is 7.35. The molecule has 7 atom stereocenters. The lowest BCUT2D eigenvalue weighted by Gasteiger charge is -2.64. The standard InChI is InChI=1S/C15H24O5/c1-8-4-11(17)15(19)13(3,7-16)9(2)10-5-14(8,15)6-12(18)20-10/h8-11,16-17,19H,4-7H2,1-3H3/t8-,9-,10?,11-,13-,14?,15+/m1/s1. The summed E-state index contributed by atoms with van der Waals surface area (Å²) in [6.07, 6.45) is -0.0470. The van der Waals surface area contributed by atoms with Crippen LogP contribution in [0.3, 0.4) is 0 Å². The van der Waals surface area contributed by atoms with Crippen LogP contribution in [0.2, 0.25) is 0 Å². The lowest BCUT2D eigenvalue weighted by molar-refractivity contribution is -0.292. The number of hydrogen-bond donors (Lipinski definition) is 3. The number of aliphatic hydroxyl groups excluding tert-OH is 2. The van der Waals surface area contributed by atoms with Gasteiger partial charge in [-0.2, -0.15) is 0 Å². The highest BCUT2D eigenvalue weighted by Gasteiger charge is 2.76. The molecule has 3 fully saturated rings. The zero-order valence-electron chi connectivity index (χ0n) is 12.3. The highest BCUT2D eigenvalue weighted by atomic mass is 16.5. The molecule has 2 aliphatic carbocycles. The molecule has 114 valence electrons. The minimum absolute atomic E-state index is 0.0243. The number of ether oxygens (including phenoxy) is 1. The van der Waals surface area contributed by atoms with Gasteiger partial charge < -0.3 is 20.1 Å². The molecule has 1 heterocycles. The van der Waals surface area contributed by atoms with Crippen molar-refractivity contribution >= 4 is 5.97 Å². The van der Waals surface area contributed by atoms with Crippen LogP contribution in [0.1, 0.15) is 40.0 Å². The Morgan fingerprint density at radius 1 is 1.40 bits per heavy atom. The molecule has 1 aliphatic heterocycles. The van der Waals surface area contributed by atoms with Crippen LogP contribution in [-0.4, -0.2) is 45.7 Å². The zero-order chi connectivity index (χ0) is 14.9. The molecule has 3 aliphatic rings. The fraction of sp³-hybridized carbons (Fsp3) is 0.933. The normalized spacial score (nSPS) is 58.2. The SMILES string of the molecule is C[C@@H]1C[C@@H](O)[C@@]2(O)C13CC(=O)OC(C3)[C@@H](C)[C@@]2(C)CO. The van der Waals surface area contributed by atoms with Crippen molar-refractivity contribution in [3.63, 3.8) is 0 Å². The van der Waals surface area contributed by atoms with Crippen LogP contribution in [0.25, 0.3) is 0 Å². The first-order valence-electron chi connectivity index (χ1n) is 7.44. The summed E-state index contributed by atoms with van der Waals surface area (Å²) in [4.78, 5) is 12.0. The number of rotatable bonds is 1. The van der Waals surface area contributed by atoms with Crippen molar-refractivity contribution in [3.05, 3.63) is 0 Å². The molecule has 0 aromatic rings. The Kier molecular flexibility index (Phi) is 2.83. The van der Waals surface area contributed by atoms with E-state index in [1.54, 1.807) is 6.92 Å². The largest absolute Gasteiger partial charge is 0.462 e.